The first kappa shape index (κ1) is 10.6. The van der Waals surface area contributed by atoms with E-state index in [-0.39, 0.29) is 18.9 Å². The highest BCUT2D eigenvalue weighted by molar-refractivity contribution is 7.89. The van der Waals surface area contributed by atoms with Crippen molar-refractivity contribution < 1.29 is 13.5 Å². The molecule has 0 heterocycles. The lowest BCUT2D eigenvalue weighted by molar-refractivity contribution is 0.267. The van der Waals surface area contributed by atoms with Gasteiger partial charge in [0.25, 0.3) is 0 Å². The lowest BCUT2D eigenvalue weighted by atomic mass is 10.7. The summed E-state index contributed by atoms with van der Waals surface area (Å²) >= 11 is 0. The molecule has 0 aliphatic heterocycles. The van der Waals surface area contributed by atoms with Crippen molar-refractivity contribution in [1.29, 1.82) is 0 Å². The molecule has 0 aliphatic carbocycles. The fraction of sp³-hybridized carbons (Fsp3) is 0.667. The molecule has 66 valence electrons. The predicted octanol–water partition coefficient (Wildman–Crippen LogP) is -0.574. The molecule has 0 saturated heterocycles. The van der Waals surface area contributed by atoms with Crippen molar-refractivity contribution in [1.82, 2.24) is 4.31 Å². The standard InChI is InChI=1S/C6H13NO3S/c1-3-6-11(9,10)7(2)4-5-8/h3,8H,1,4-6H2,2H3. The van der Waals surface area contributed by atoms with Gasteiger partial charge in [0, 0.05) is 13.6 Å². The average Bonchev–Trinajstić information content (AvgIpc) is 1.88. The minimum absolute atomic E-state index is 0.0799. The molecule has 0 aromatic carbocycles. The van der Waals surface area contributed by atoms with E-state index < -0.39 is 10.0 Å². The number of likely N-dealkylation sites (N-methyl/N-ethyl adjacent to an activating group) is 1. The molecule has 0 spiro atoms. The third-order valence-electron chi connectivity index (χ3n) is 1.22. The lowest BCUT2D eigenvalue weighted by Gasteiger charge is -2.13. The van der Waals surface area contributed by atoms with Crippen molar-refractivity contribution >= 4 is 10.0 Å². The smallest absolute Gasteiger partial charge is 0.217 e. The van der Waals surface area contributed by atoms with E-state index in [0.717, 1.165) is 4.31 Å². The maximum atomic E-state index is 11.1. The monoisotopic (exact) mass is 179 g/mol. The van der Waals surface area contributed by atoms with E-state index in [0.29, 0.717) is 0 Å². The van der Waals surface area contributed by atoms with Crippen molar-refractivity contribution in [3.8, 4) is 0 Å². The van der Waals surface area contributed by atoms with Gasteiger partial charge in [0.2, 0.25) is 10.0 Å². The molecule has 0 aromatic heterocycles. The molecule has 4 nitrogen and oxygen atoms in total. The van der Waals surface area contributed by atoms with Gasteiger partial charge in [0.1, 0.15) is 0 Å². The molecule has 11 heavy (non-hydrogen) atoms. The lowest BCUT2D eigenvalue weighted by Crippen LogP contribution is -2.31. The summed E-state index contributed by atoms with van der Waals surface area (Å²) in [6.45, 7) is 3.30. The summed E-state index contributed by atoms with van der Waals surface area (Å²) in [6.07, 6.45) is 1.32. The van der Waals surface area contributed by atoms with Crippen molar-refractivity contribution in [3.05, 3.63) is 12.7 Å². The highest BCUT2D eigenvalue weighted by atomic mass is 32.2. The van der Waals surface area contributed by atoms with Crippen LogP contribution in [-0.4, -0.2) is 43.8 Å². The zero-order valence-corrected chi connectivity index (χ0v) is 7.34. The molecule has 5 heteroatoms. The summed E-state index contributed by atoms with van der Waals surface area (Å²) in [5, 5.41) is 8.44. The maximum absolute atomic E-state index is 11.1. The summed E-state index contributed by atoms with van der Waals surface area (Å²) in [5.74, 6) is -0.0799. The molecular formula is C6H13NO3S. The Morgan fingerprint density at radius 1 is 1.64 bits per heavy atom. The fourth-order valence-electron chi connectivity index (χ4n) is 0.556. The van der Waals surface area contributed by atoms with Crippen LogP contribution in [0.25, 0.3) is 0 Å². The van der Waals surface area contributed by atoms with Crippen LogP contribution in [0.1, 0.15) is 0 Å². The Balaban J connectivity index is 4.18. The third-order valence-corrected chi connectivity index (χ3v) is 3.01. The largest absolute Gasteiger partial charge is 0.395 e. The highest BCUT2D eigenvalue weighted by Crippen LogP contribution is 1.96. The van der Waals surface area contributed by atoms with Gasteiger partial charge in [-0.3, -0.25) is 0 Å². The van der Waals surface area contributed by atoms with Crippen LogP contribution in [0, 0.1) is 0 Å². The first-order valence-corrected chi connectivity index (χ1v) is 4.81. The second-order valence-electron chi connectivity index (χ2n) is 2.11. The normalized spacial score (nSPS) is 11.9. The van der Waals surface area contributed by atoms with Crippen molar-refractivity contribution in [2.24, 2.45) is 0 Å². The van der Waals surface area contributed by atoms with Crippen molar-refractivity contribution in [2.45, 2.75) is 0 Å². The van der Waals surface area contributed by atoms with Gasteiger partial charge in [-0.1, -0.05) is 6.08 Å². The van der Waals surface area contributed by atoms with E-state index in [1.807, 2.05) is 0 Å². The van der Waals surface area contributed by atoms with Crippen molar-refractivity contribution in [3.63, 3.8) is 0 Å². The summed E-state index contributed by atoms with van der Waals surface area (Å²) < 4.78 is 23.2. The van der Waals surface area contributed by atoms with Crippen LogP contribution in [0.3, 0.4) is 0 Å². The molecule has 1 N–H and O–H groups in total. The quantitative estimate of drug-likeness (QED) is 0.575. The topological polar surface area (TPSA) is 57.6 Å². The Kier molecular flexibility index (Phi) is 4.32. The predicted molar refractivity (Wildman–Crippen MR) is 43.7 cm³/mol. The number of rotatable bonds is 5. The zero-order valence-electron chi connectivity index (χ0n) is 6.52. The summed E-state index contributed by atoms with van der Waals surface area (Å²) in [5.41, 5.74) is 0. The molecule has 0 unspecified atom stereocenters. The van der Waals surface area contributed by atoms with E-state index in [9.17, 15) is 8.42 Å². The molecule has 0 bridgehead atoms. The molecule has 0 aromatic rings. The van der Waals surface area contributed by atoms with E-state index >= 15 is 0 Å². The molecule has 0 rings (SSSR count). The van der Waals surface area contributed by atoms with Crippen molar-refractivity contribution in [2.75, 3.05) is 26.0 Å². The first-order valence-electron chi connectivity index (χ1n) is 3.20. The number of sulfonamides is 1. The minimum atomic E-state index is -3.22. The SMILES string of the molecule is C=CCS(=O)(=O)N(C)CCO. The van der Waals surface area contributed by atoms with Crippen LogP contribution in [-0.2, 0) is 10.0 Å². The van der Waals surface area contributed by atoms with Gasteiger partial charge in [-0.25, -0.2) is 12.7 Å². The van der Waals surface area contributed by atoms with Crippen LogP contribution in [0.15, 0.2) is 12.7 Å². The number of aliphatic hydroxyl groups is 1. The Bertz CT molecular complexity index is 210. The molecule has 0 fully saturated rings. The first-order chi connectivity index (χ1) is 5.04. The Hall–Kier alpha value is -0.390. The van der Waals surface area contributed by atoms with Crippen LogP contribution in [0.4, 0.5) is 0 Å². The van der Waals surface area contributed by atoms with E-state index in [4.69, 9.17) is 5.11 Å². The number of hydrogen-bond donors (Lipinski definition) is 1. The number of aliphatic hydroxyl groups excluding tert-OH is 1. The third kappa shape index (κ3) is 3.50. The number of nitrogens with zero attached hydrogens (tertiary/aromatic N) is 1. The summed E-state index contributed by atoms with van der Waals surface area (Å²) in [6, 6.07) is 0. The summed E-state index contributed by atoms with van der Waals surface area (Å²) in [7, 11) is -1.79. The van der Waals surface area contributed by atoms with Crippen LogP contribution < -0.4 is 0 Å². The van der Waals surface area contributed by atoms with Gasteiger partial charge in [-0.15, -0.1) is 6.58 Å². The van der Waals surface area contributed by atoms with Crippen LogP contribution in [0.2, 0.25) is 0 Å². The average molecular weight is 179 g/mol. The van der Waals surface area contributed by atoms with Gasteiger partial charge in [-0.05, 0) is 0 Å². The van der Waals surface area contributed by atoms with Gasteiger partial charge in [0.05, 0.1) is 12.4 Å². The highest BCUT2D eigenvalue weighted by Gasteiger charge is 2.13. The zero-order chi connectivity index (χ0) is 8.91. The fourth-order valence-corrected chi connectivity index (χ4v) is 1.47. The van der Waals surface area contributed by atoms with Crippen LogP contribution >= 0.6 is 0 Å². The van der Waals surface area contributed by atoms with E-state index in [2.05, 4.69) is 6.58 Å². The summed E-state index contributed by atoms with van der Waals surface area (Å²) in [4.78, 5) is 0. The molecule has 0 atom stereocenters. The van der Waals surface area contributed by atoms with Crippen LogP contribution in [0.5, 0.6) is 0 Å². The molecule has 0 saturated carbocycles. The van der Waals surface area contributed by atoms with Gasteiger partial charge < -0.3 is 5.11 Å². The van der Waals surface area contributed by atoms with E-state index in [1.165, 1.54) is 13.1 Å². The molecule has 0 radical (unpaired) electrons. The molecule has 0 aliphatic rings. The molecule has 0 amide bonds. The number of hydrogen-bond acceptors (Lipinski definition) is 3. The second-order valence-corrected chi connectivity index (χ2v) is 4.23. The maximum Gasteiger partial charge on any atom is 0.217 e. The second kappa shape index (κ2) is 4.48. The van der Waals surface area contributed by atoms with Gasteiger partial charge in [-0.2, -0.15) is 0 Å². The Labute approximate surface area is 67.2 Å². The van der Waals surface area contributed by atoms with Gasteiger partial charge >= 0.3 is 0 Å². The Morgan fingerprint density at radius 2 is 2.18 bits per heavy atom. The van der Waals surface area contributed by atoms with Gasteiger partial charge in [0.15, 0.2) is 0 Å². The molecular weight excluding hydrogens is 166 g/mol. The minimum Gasteiger partial charge on any atom is -0.395 e. The van der Waals surface area contributed by atoms with E-state index in [1.54, 1.807) is 0 Å². The Morgan fingerprint density at radius 3 is 2.55 bits per heavy atom.